The molecule has 1 saturated heterocycles. The van der Waals surface area contributed by atoms with E-state index in [2.05, 4.69) is 19.2 Å². The van der Waals surface area contributed by atoms with Crippen LogP contribution in [0.2, 0.25) is 0 Å². The quantitative estimate of drug-likeness (QED) is 0.771. The monoisotopic (exact) mass is 252 g/mol. The molecule has 0 aromatic heterocycles. The molecular weight excluding hydrogens is 228 g/mol. The second-order valence-electron chi connectivity index (χ2n) is 6.90. The smallest absolute Gasteiger partial charge is 0.157 e. The molecule has 2 nitrogen and oxygen atoms in total. The van der Waals surface area contributed by atoms with Crippen molar-refractivity contribution in [2.45, 2.75) is 70.4 Å². The van der Waals surface area contributed by atoms with Gasteiger partial charge in [0, 0.05) is 11.3 Å². The Labute approximate surface area is 109 Å². The fourth-order valence-electron chi connectivity index (χ4n) is 3.57. The van der Waals surface area contributed by atoms with E-state index in [-0.39, 0.29) is 0 Å². The van der Waals surface area contributed by atoms with E-state index in [0.29, 0.717) is 17.0 Å². The third-order valence-electron chi connectivity index (χ3n) is 4.66. The van der Waals surface area contributed by atoms with E-state index in [9.17, 15) is 0 Å². The standard InChI is InChI=1S/C14H24N2S/c1-13(2)8-5-11(9-13)15-12-16-14(10-17-12)6-3-4-7-14/h11H,3-10H2,1-2H3,(H,15,16). The van der Waals surface area contributed by atoms with Crippen LogP contribution < -0.4 is 5.32 Å². The van der Waals surface area contributed by atoms with Gasteiger partial charge in [-0.2, -0.15) is 0 Å². The summed E-state index contributed by atoms with van der Waals surface area (Å²) >= 11 is 1.96. The van der Waals surface area contributed by atoms with Crippen molar-refractivity contribution in [2.75, 3.05) is 5.75 Å². The summed E-state index contributed by atoms with van der Waals surface area (Å²) in [6.07, 6.45) is 9.40. The Morgan fingerprint density at radius 3 is 2.65 bits per heavy atom. The molecule has 1 heterocycles. The second kappa shape index (κ2) is 4.18. The summed E-state index contributed by atoms with van der Waals surface area (Å²) in [5.41, 5.74) is 0.945. The zero-order valence-electron chi connectivity index (χ0n) is 11.1. The highest BCUT2D eigenvalue weighted by Crippen LogP contribution is 2.41. The lowest BCUT2D eigenvalue weighted by molar-refractivity contribution is 0.376. The van der Waals surface area contributed by atoms with Crippen LogP contribution in [-0.4, -0.2) is 22.5 Å². The molecule has 3 heteroatoms. The number of nitrogens with zero attached hydrogens (tertiary/aromatic N) is 1. The highest BCUT2D eigenvalue weighted by atomic mass is 32.2. The first-order valence-electron chi connectivity index (χ1n) is 7.06. The zero-order valence-corrected chi connectivity index (χ0v) is 11.9. The molecule has 1 aliphatic heterocycles. The molecule has 3 aliphatic rings. The minimum Gasteiger partial charge on any atom is -0.359 e. The average molecular weight is 252 g/mol. The summed E-state index contributed by atoms with van der Waals surface area (Å²) in [6, 6.07) is 0.580. The Kier molecular flexibility index (Phi) is 2.92. The highest BCUT2D eigenvalue weighted by Gasteiger charge is 2.40. The molecule has 0 amide bonds. The van der Waals surface area contributed by atoms with Crippen molar-refractivity contribution in [1.29, 1.82) is 0 Å². The van der Waals surface area contributed by atoms with Crippen molar-refractivity contribution >= 4 is 16.9 Å². The zero-order chi connectivity index (χ0) is 11.9. The van der Waals surface area contributed by atoms with Crippen molar-refractivity contribution in [3.8, 4) is 0 Å². The van der Waals surface area contributed by atoms with Gasteiger partial charge in [-0.3, -0.25) is 4.99 Å². The summed E-state index contributed by atoms with van der Waals surface area (Å²) in [6.45, 7) is 4.75. The second-order valence-corrected chi connectivity index (χ2v) is 7.86. The van der Waals surface area contributed by atoms with E-state index >= 15 is 0 Å². The van der Waals surface area contributed by atoms with Gasteiger partial charge in [-0.25, -0.2) is 0 Å². The Morgan fingerprint density at radius 1 is 1.24 bits per heavy atom. The Morgan fingerprint density at radius 2 is 2.00 bits per heavy atom. The normalized spacial score (nSPS) is 36.8. The predicted octanol–water partition coefficient (Wildman–Crippen LogP) is 3.57. The summed E-state index contributed by atoms with van der Waals surface area (Å²) in [4.78, 5) is 4.96. The third kappa shape index (κ3) is 2.49. The predicted molar refractivity (Wildman–Crippen MR) is 75.6 cm³/mol. The number of nitrogens with one attached hydrogen (secondary N) is 1. The number of thioether (sulfide) groups is 1. The summed E-state index contributed by atoms with van der Waals surface area (Å²) in [7, 11) is 0. The van der Waals surface area contributed by atoms with Gasteiger partial charge in [-0.15, -0.1) is 0 Å². The Bertz CT molecular complexity index is 329. The van der Waals surface area contributed by atoms with Crippen LogP contribution in [0.5, 0.6) is 0 Å². The minimum atomic E-state index is 0.428. The minimum absolute atomic E-state index is 0.428. The topological polar surface area (TPSA) is 24.4 Å². The molecule has 1 spiro atoms. The van der Waals surface area contributed by atoms with Crippen LogP contribution in [0.25, 0.3) is 0 Å². The number of amidine groups is 1. The van der Waals surface area contributed by atoms with Gasteiger partial charge in [-0.05, 0) is 37.5 Å². The fraction of sp³-hybridized carbons (Fsp3) is 0.929. The molecule has 1 N–H and O–H groups in total. The lowest BCUT2D eigenvalue weighted by Crippen LogP contribution is -2.40. The molecule has 3 fully saturated rings. The largest absolute Gasteiger partial charge is 0.359 e. The number of aliphatic imine (C=N–C) groups is 1. The lowest BCUT2D eigenvalue weighted by Gasteiger charge is -2.22. The first-order chi connectivity index (χ1) is 8.07. The molecule has 2 aliphatic carbocycles. The van der Waals surface area contributed by atoms with Gasteiger partial charge >= 0.3 is 0 Å². The van der Waals surface area contributed by atoms with E-state index in [0.717, 1.165) is 0 Å². The molecular formula is C14H24N2S. The van der Waals surface area contributed by atoms with E-state index in [1.165, 1.54) is 55.9 Å². The van der Waals surface area contributed by atoms with Gasteiger partial charge in [0.1, 0.15) is 0 Å². The fourth-order valence-corrected chi connectivity index (χ4v) is 4.86. The maximum Gasteiger partial charge on any atom is 0.157 e. The molecule has 0 aromatic rings. The molecule has 96 valence electrons. The van der Waals surface area contributed by atoms with Gasteiger partial charge < -0.3 is 5.32 Å². The molecule has 1 unspecified atom stereocenters. The molecule has 1 atom stereocenters. The van der Waals surface area contributed by atoms with E-state index < -0.39 is 0 Å². The summed E-state index contributed by atoms with van der Waals surface area (Å²) in [5, 5.41) is 4.98. The SMILES string of the molecule is CC1(C)CCC(N=C2NC3(CCCC3)CS2)C1. The molecule has 3 rings (SSSR count). The lowest BCUT2D eigenvalue weighted by atomic mass is 9.92. The van der Waals surface area contributed by atoms with Crippen LogP contribution in [0.15, 0.2) is 4.99 Å². The Hall–Kier alpha value is -0.180. The first-order valence-corrected chi connectivity index (χ1v) is 8.04. The molecule has 2 saturated carbocycles. The van der Waals surface area contributed by atoms with Gasteiger partial charge in [0.05, 0.1) is 6.04 Å². The average Bonchev–Trinajstić information content (AvgIpc) is 2.93. The van der Waals surface area contributed by atoms with Crippen LogP contribution >= 0.6 is 11.8 Å². The van der Waals surface area contributed by atoms with Crippen LogP contribution in [0.3, 0.4) is 0 Å². The van der Waals surface area contributed by atoms with E-state index in [1.807, 2.05) is 11.8 Å². The van der Waals surface area contributed by atoms with Crippen molar-refractivity contribution in [2.24, 2.45) is 10.4 Å². The van der Waals surface area contributed by atoms with Gasteiger partial charge in [-0.1, -0.05) is 38.5 Å². The highest BCUT2D eigenvalue weighted by molar-refractivity contribution is 8.14. The van der Waals surface area contributed by atoms with Gasteiger partial charge in [0.25, 0.3) is 0 Å². The van der Waals surface area contributed by atoms with Crippen molar-refractivity contribution in [1.82, 2.24) is 5.32 Å². The molecule has 0 aromatic carbocycles. The molecule has 0 bridgehead atoms. The van der Waals surface area contributed by atoms with E-state index in [1.54, 1.807) is 0 Å². The number of hydrogen-bond acceptors (Lipinski definition) is 2. The maximum atomic E-state index is 4.96. The van der Waals surface area contributed by atoms with Crippen LogP contribution in [0.4, 0.5) is 0 Å². The summed E-state index contributed by atoms with van der Waals surface area (Å²) < 4.78 is 0. The van der Waals surface area contributed by atoms with E-state index in [4.69, 9.17) is 4.99 Å². The van der Waals surface area contributed by atoms with Gasteiger partial charge in [0.15, 0.2) is 5.17 Å². The van der Waals surface area contributed by atoms with Crippen molar-refractivity contribution < 1.29 is 0 Å². The molecule has 17 heavy (non-hydrogen) atoms. The third-order valence-corrected chi connectivity index (χ3v) is 5.84. The van der Waals surface area contributed by atoms with Gasteiger partial charge in [0.2, 0.25) is 0 Å². The Balaban J connectivity index is 1.63. The first kappa shape index (κ1) is 11.9. The maximum absolute atomic E-state index is 4.96. The van der Waals surface area contributed by atoms with Crippen LogP contribution in [0, 0.1) is 5.41 Å². The summed E-state index contributed by atoms with van der Waals surface area (Å²) in [5.74, 6) is 1.25. The number of hydrogen-bond donors (Lipinski definition) is 1. The van der Waals surface area contributed by atoms with Crippen molar-refractivity contribution in [3.05, 3.63) is 0 Å². The number of rotatable bonds is 1. The molecule has 0 radical (unpaired) electrons. The van der Waals surface area contributed by atoms with Crippen LogP contribution in [-0.2, 0) is 0 Å². The van der Waals surface area contributed by atoms with Crippen LogP contribution in [0.1, 0.15) is 58.8 Å². The van der Waals surface area contributed by atoms with Crippen molar-refractivity contribution in [3.63, 3.8) is 0 Å².